The standard InChI is InChI=1S/C18H22N2O8/c1-9(13(17(25)27-3)18(26)28-4)14(16(23)24)20-15(22)11-5-7-12(8-6-11)19-10(2)21/h5-9,13-14H,1-4H3,(H,19,21)(H,20,22)(H,23,24)/t9-,14+/m0/s1. The van der Waals surface area contributed by atoms with Crippen LogP contribution in [0, 0.1) is 11.8 Å². The Balaban J connectivity index is 3.03. The summed E-state index contributed by atoms with van der Waals surface area (Å²) in [6, 6.07) is 4.17. The van der Waals surface area contributed by atoms with Gasteiger partial charge in [-0.2, -0.15) is 0 Å². The summed E-state index contributed by atoms with van der Waals surface area (Å²) in [5.74, 6) is -7.08. The van der Waals surface area contributed by atoms with Gasteiger partial charge in [-0.3, -0.25) is 19.2 Å². The van der Waals surface area contributed by atoms with E-state index >= 15 is 0 Å². The van der Waals surface area contributed by atoms with Crippen molar-refractivity contribution in [3.05, 3.63) is 29.8 Å². The number of ether oxygens (including phenoxy) is 2. The third-order valence-electron chi connectivity index (χ3n) is 3.98. The van der Waals surface area contributed by atoms with Crippen LogP contribution in [0.25, 0.3) is 0 Å². The van der Waals surface area contributed by atoms with Gasteiger partial charge in [-0.1, -0.05) is 6.92 Å². The molecule has 0 heterocycles. The first-order chi connectivity index (χ1) is 13.1. The molecule has 0 aliphatic carbocycles. The minimum Gasteiger partial charge on any atom is -0.480 e. The maximum atomic E-state index is 12.4. The molecule has 3 N–H and O–H groups in total. The van der Waals surface area contributed by atoms with E-state index in [1.54, 1.807) is 0 Å². The van der Waals surface area contributed by atoms with E-state index in [-0.39, 0.29) is 11.5 Å². The summed E-state index contributed by atoms with van der Waals surface area (Å²) < 4.78 is 9.08. The van der Waals surface area contributed by atoms with E-state index in [2.05, 4.69) is 20.1 Å². The Morgan fingerprint density at radius 2 is 1.46 bits per heavy atom. The number of aliphatic carboxylic acids is 1. The fourth-order valence-electron chi connectivity index (χ4n) is 2.52. The first-order valence-electron chi connectivity index (χ1n) is 8.19. The number of nitrogens with one attached hydrogen (secondary N) is 2. The van der Waals surface area contributed by atoms with Crippen LogP contribution in [0.15, 0.2) is 24.3 Å². The lowest BCUT2D eigenvalue weighted by Gasteiger charge is -2.26. The molecule has 0 saturated heterocycles. The van der Waals surface area contributed by atoms with Crippen LogP contribution in [-0.2, 0) is 28.7 Å². The van der Waals surface area contributed by atoms with Crippen molar-refractivity contribution in [2.75, 3.05) is 19.5 Å². The Hall–Kier alpha value is -3.43. The molecule has 0 aliphatic rings. The Bertz CT molecular complexity index is 743. The number of esters is 2. The fraction of sp³-hybridized carbons (Fsp3) is 0.389. The van der Waals surface area contributed by atoms with Gasteiger partial charge in [0, 0.05) is 24.1 Å². The maximum absolute atomic E-state index is 12.4. The molecule has 0 fully saturated rings. The van der Waals surface area contributed by atoms with E-state index in [0.717, 1.165) is 14.2 Å². The molecule has 0 aromatic heterocycles. The van der Waals surface area contributed by atoms with Crippen LogP contribution >= 0.6 is 0 Å². The van der Waals surface area contributed by atoms with Gasteiger partial charge in [0.05, 0.1) is 14.2 Å². The molecule has 0 radical (unpaired) electrons. The van der Waals surface area contributed by atoms with Gasteiger partial charge in [0.15, 0.2) is 5.92 Å². The second-order valence-electron chi connectivity index (χ2n) is 5.93. The molecule has 10 heteroatoms. The van der Waals surface area contributed by atoms with Crippen molar-refractivity contribution in [2.45, 2.75) is 19.9 Å². The van der Waals surface area contributed by atoms with Gasteiger partial charge in [0.2, 0.25) is 5.91 Å². The summed E-state index contributed by atoms with van der Waals surface area (Å²) in [6.07, 6.45) is 0. The highest BCUT2D eigenvalue weighted by atomic mass is 16.5. The number of amides is 2. The second kappa shape index (κ2) is 10.0. The summed E-state index contributed by atoms with van der Waals surface area (Å²) in [5.41, 5.74) is 0.587. The van der Waals surface area contributed by atoms with Crippen molar-refractivity contribution < 1.29 is 38.6 Å². The number of anilines is 1. The van der Waals surface area contributed by atoms with Gasteiger partial charge in [-0.15, -0.1) is 0 Å². The Kier molecular flexibility index (Phi) is 8.11. The zero-order valence-corrected chi connectivity index (χ0v) is 15.8. The minimum absolute atomic E-state index is 0.125. The van der Waals surface area contributed by atoms with Crippen LogP contribution in [-0.4, -0.2) is 55.1 Å². The average molecular weight is 394 g/mol. The molecule has 0 aliphatic heterocycles. The monoisotopic (exact) mass is 394 g/mol. The van der Waals surface area contributed by atoms with Crippen LogP contribution in [0.1, 0.15) is 24.2 Å². The lowest BCUT2D eigenvalue weighted by molar-refractivity contribution is -0.162. The Morgan fingerprint density at radius 1 is 0.964 bits per heavy atom. The van der Waals surface area contributed by atoms with Gasteiger partial charge in [-0.05, 0) is 24.3 Å². The summed E-state index contributed by atoms with van der Waals surface area (Å²) >= 11 is 0. The molecule has 0 unspecified atom stereocenters. The summed E-state index contributed by atoms with van der Waals surface area (Å²) in [5, 5.41) is 14.3. The van der Waals surface area contributed by atoms with Crippen LogP contribution in [0.2, 0.25) is 0 Å². The van der Waals surface area contributed by atoms with Gasteiger partial charge in [0.25, 0.3) is 5.91 Å². The van der Waals surface area contributed by atoms with Crippen molar-refractivity contribution in [1.82, 2.24) is 5.32 Å². The molecular weight excluding hydrogens is 372 g/mol. The molecule has 2 amide bonds. The molecule has 0 spiro atoms. The molecule has 0 saturated carbocycles. The topological polar surface area (TPSA) is 148 Å². The normalized spacial score (nSPS) is 12.5. The van der Waals surface area contributed by atoms with Crippen molar-refractivity contribution in [3.8, 4) is 0 Å². The molecule has 1 aromatic rings. The maximum Gasteiger partial charge on any atom is 0.326 e. The van der Waals surface area contributed by atoms with E-state index < -0.39 is 41.7 Å². The van der Waals surface area contributed by atoms with Crippen LogP contribution in [0.3, 0.4) is 0 Å². The smallest absolute Gasteiger partial charge is 0.326 e. The van der Waals surface area contributed by atoms with Crippen LogP contribution in [0.5, 0.6) is 0 Å². The number of carbonyl (C=O) groups excluding carboxylic acids is 4. The van der Waals surface area contributed by atoms with E-state index in [0.29, 0.717) is 5.69 Å². The second-order valence-corrected chi connectivity index (χ2v) is 5.93. The highest BCUT2D eigenvalue weighted by Crippen LogP contribution is 2.20. The minimum atomic E-state index is -1.56. The predicted octanol–water partition coefficient (Wildman–Crippen LogP) is 0.426. The summed E-state index contributed by atoms with van der Waals surface area (Å²) in [4.78, 5) is 58.9. The number of methoxy groups -OCH3 is 2. The van der Waals surface area contributed by atoms with Gasteiger partial charge < -0.3 is 25.2 Å². The zero-order chi connectivity index (χ0) is 21.4. The van der Waals surface area contributed by atoms with Crippen LogP contribution in [0.4, 0.5) is 5.69 Å². The molecule has 2 atom stereocenters. The molecule has 152 valence electrons. The van der Waals surface area contributed by atoms with Crippen LogP contribution < -0.4 is 10.6 Å². The number of rotatable bonds is 8. The van der Waals surface area contributed by atoms with Crippen molar-refractivity contribution in [2.24, 2.45) is 11.8 Å². The van der Waals surface area contributed by atoms with Gasteiger partial charge >= 0.3 is 17.9 Å². The highest BCUT2D eigenvalue weighted by molar-refractivity contribution is 5.99. The van der Waals surface area contributed by atoms with E-state index in [1.165, 1.54) is 38.1 Å². The van der Waals surface area contributed by atoms with Gasteiger partial charge in [-0.25, -0.2) is 4.79 Å². The Morgan fingerprint density at radius 3 is 1.86 bits per heavy atom. The lowest BCUT2D eigenvalue weighted by Crippen LogP contribution is -2.50. The average Bonchev–Trinajstić information content (AvgIpc) is 2.65. The Labute approximate surface area is 161 Å². The number of carbonyl (C=O) groups is 5. The SMILES string of the molecule is COC(=O)C(C(=O)OC)[C@H](C)[C@@H](NC(=O)c1ccc(NC(C)=O)cc1)C(=O)O. The molecule has 10 nitrogen and oxygen atoms in total. The molecule has 0 bridgehead atoms. The van der Waals surface area contributed by atoms with E-state index in [9.17, 15) is 29.1 Å². The predicted molar refractivity (Wildman–Crippen MR) is 96.3 cm³/mol. The van der Waals surface area contributed by atoms with E-state index in [1.807, 2.05) is 0 Å². The third kappa shape index (κ3) is 5.79. The number of hydrogen-bond donors (Lipinski definition) is 3. The number of hydrogen-bond acceptors (Lipinski definition) is 7. The fourth-order valence-corrected chi connectivity index (χ4v) is 2.52. The van der Waals surface area contributed by atoms with Crippen molar-refractivity contribution >= 4 is 35.4 Å². The van der Waals surface area contributed by atoms with Crippen molar-refractivity contribution in [3.63, 3.8) is 0 Å². The number of benzene rings is 1. The summed E-state index contributed by atoms with van der Waals surface area (Å²) in [6.45, 7) is 2.65. The zero-order valence-electron chi connectivity index (χ0n) is 15.8. The first-order valence-corrected chi connectivity index (χ1v) is 8.19. The molecule has 28 heavy (non-hydrogen) atoms. The van der Waals surface area contributed by atoms with E-state index in [4.69, 9.17) is 0 Å². The third-order valence-corrected chi connectivity index (χ3v) is 3.98. The highest BCUT2D eigenvalue weighted by Gasteiger charge is 2.42. The first kappa shape index (κ1) is 22.6. The van der Waals surface area contributed by atoms with Gasteiger partial charge in [0.1, 0.15) is 6.04 Å². The largest absolute Gasteiger partial charge is 0.480 e. The molecule has 1 aromatic carbocycles. The lowest BCUT2D eigenvalue weighted by atomic mass is 9.87. The number of carboxylic acid groups (broad SMARTS) is 1. The number of carboxylic acids is 1. The summed E-state index contributed by atoms with van der Waals surface area (Å²) in [7, 11) is 2.10. The molecular formula is C18H22N2O8. The van der Waals surface area contributed by atoms with Crippen molar-refractivity contribution in [1.29, 1.82) is 0 Å². The molecule has 1 rings (SSSR count). The quantitative estimate of drug-likeness (QED) is 0.424.